The highest BCUT2D eigenvalue weighted by atomic mass is 32.2. The maximum Gasteiger partial charge on any atom is 0.329 e. The minimum absolute atomic E-state index is 0.0199. The van der Waals surface area contributed by atoms with E-state index < -0.39 is 23.3 Å². The predicted octanol–water partition coefficient (Wildman–Crippen LogP) is 1.87. The zero-order valence-electron chi connectivity index (χ0n) is 31.3. The number of anilines is 1. The molecule has 1 saturated carbocycles. The lowest BCUT2D eigenvalue weighted by molar-refractivity contribution is -0.143. The number of imide groups is 1. The molecule has 1 aromatic rings. The number of carboxylic acid groups (broad SMARTS) is 1. The van der Waals surface area contributed by atoms with Crippen LogP contribution in [0.15, 0.2) is 30.3 Å². The van der Waals surface area contributed by atoms with Crippen molar-refractivity contribution >= 4 is 58.9 Å². The van der Waals surface area contributed by atoms with E-state index in [4.69, 9.17) is 19.3 Å². The van der Waals surface area contributed by atoms with Gasteiger partial charge in [0.15, 0.2) is 0 Å². The number of amides is 6. The molecule has 4 rings (SSSR count). The first-order valence-electron chi connectivity index (χ1n) is 19.2. The van der Waals surface area contributed by atoms with E-state index in [2.05, 4.69) is 21.3 Å². The third-order valence-electron chi connectivity index (χ3n) is 9.82. The van der Waals surface area contributed by atoms with Crippen LogP contribution in [0, 0.1) is 11.8 Å². The summed E-state index contributed by atoms with van der Waals surface area (Å²) in [6.45, 7) is 1.89. The van der Waals surface area contributed by atoms with Crippen molar-refractivity contribution in [1.29, 1.82) is 0 Å². The standard InChI is InChI=1S/C38H55N5O11S/c44-32-15-14-30(41-32)37(50)42-29(36(49)40-28-7-3-1-4-8-28)9-5-2-6-22-55-31-23-33(45)43(38(31)51)24-26-10-12-27(13-11-26)35(48)39-16-17-52-18-19-53-20-21-54-25-34(46)47/h1,3-4,7-8,26-27,29-31H,2,5-6,9-25H2,(H,39,48)(H,40,49)(H,41,44)(H,42,50)(H,46,47)/t26?,27?,29-,30+,31?/m0/s1. The first kappa shape index (κ1) is 43.7. The Morgan fingerprint density at radius 3 is 2.27 bits per heavy atom. The van der Waals surface area contributed by atoms with Gasteiger partial charge in [0.25, 0.3) is 0 Å². The van der Waals surface area contributed by atoms with Crippen LogP contribution in [-0.4, -0.2) is 127 Å². The number of carbonyl (C=O) groups excluding carboxylic acids is 6. The third kappa shape index (κ3) is 15.5. The summed E-state index contributed by atoms with van der Waals surface area (Å²) in [6, 6.07) is 7.58. The number of unbranched alkanes of at least 4 members (excludes halogenated alkanes) is 2. The number of hydrogen-bond acceptors (Lipinski definition) is 11. The Bertz CT molecular complexity index is 1440. The van der Waals surface area contributed by atoms with Gasteiger partial charge in [-0.05, 0) is 68.7 Å². The van der Waals surface area contributed by atoms with Crippen molar-refractivity contribution in [1.82, 2.24) is 20.9 Å². The summed E-state index contributed by atoms with van der Waals surface area (Å²) in [5, 5.41) is 19.3. The van der Waals surface area contributed by atoms with Crippen LogP contribution in [0.2, 0.25) is 0 Å². The molecule has 0 aromatic heterocycles. The van der Waals surface area contributed by atoms with E-state index in [1.54, 1.807) is 12.1 Å². The molecule has 1 unspecified atom stereocenters. The van der Waals surface area contributed by atoms with E-state index in [0.717, 1.165) is 25.7 Å². The van der Waals surface area contributed by atoms with Crippen LogP contribution in [-0.2, 0) is 47.8 Å². The van der Waals surface area contributed by atoms with Crippen molar-refractivity contribution in [3.05, 3.63) is 30.3 Å². The molecule has 3 fully saturated rings. The van der Waals surface area contributed by atoms with E-state index in [1.165, 1.54) is 16.7 Å². The van der Waals surface area contributed by atoms with E-state index in [9.17, 15) is 33.6 Å². The molecule has 3 aliphatic rings. The second-order valence-electron chi connectivity index (χ2n) is 14.0. The first-order chi connectivity index (χ1) is 26.6. The van der Waals surface area contributed by atoms with Crippen LogP contribution in [0.1, 0.15) is 70.6 Å². The van der Waals surface area contributed by atoms with E-state index >= 15 is 0 Å². The van der Waals surface area contributed by atoms with E-state index in [-0.39, 0.29) is 79.9 Å². The zero-order chi connectivity index (χ0) is 39.4. The number of hydrogen-bond donors (Lipinski definition) is 5. The molecule has 6 amide bonds. The summed E-state index contributed by atoms with van der Waals surface area (Å²) in [6.07, 6.45) is 6.39. The molecule has 1 aliphatic carbocycles. The Kier molecular flexibility index (Phi) is 18.9. The van der Waals surface area contributed by atoms with Crippen molar-refractivity contribution in [2.45, 2.75) is 88.0 Å². The van der Waals surface area contributed by atoms with Gasteiger partial charge in [-0.2, -0.15) is 0 Å². The number of ether oxygens (including phenoxy) is 3. The number of aliphatic carboxylic acids is 1. The SMILES string of the molecule is O=C(O)COCCOCCOCCNC(=O)C1CCC(CN2C(=O)CC(SCCCCC[C@H](NC(=O)[C@H]3CCC(=O)N3)C(=O)Nc3ccccc3)C2=O)CC1. The van der Waals surface area contributed by atoms with Gasteiger partial charge in [0, 0.05) is 37.5 Å². The van der Waals surface area contributed by atoms with Crippen LogP contribution in [0.3, 0.4) is 0 Å². The minimum Gasteiger partial charge on any atom is -0.480 e. The van der Waals surface area contributed by atoms with Gasteiger partial charge >= 0.3 is 5.97 Å². The number of nitrogens with one attached hydrogen (secondary N) is 4. The number of rotatable bonds is 25. The van der Waals surface area contributed by atoms with Crippen molar-refractivity contribution in [2.75, 3.05) is 63.8 Å². The molecule has 0 spiro atoms. The van der Waals surface area contributed by atoms with Gasteiger partial charge in [-0.1, -0.05) is 31.0 Å². The predicted molar refractivity (Wildman–Crippen MR) is 203 cm³/mol. The fraction of sp³-hybridized carbons (Fsp3) is 0.658. The Balaban J connectivity index is 1.07. The summed E-state index contributed by atoms with van der Waals surface area (Å²) >= 11 is 1.48. The van der Waals surface area contributed by atoms with Crippen LogP contribution >= 0.6 is 11.8 Å². The number of para-hydroxylation sites is 1. The highest BCUT2D eigenvalue weighted by Crippen LogP contribution is 2.33. The maximum atomic E-state index is 13.2. The molecule has 304 valence electrons. The number of carbonyl (C=O) groups is 7. The van der Waals surface area contributed by atoms with Gasteiger partial charge in [-0.25, -0.2) is 4.79 Å². The van der Waals surface area contributed by atoms with Crippen LogP contribution in [0.4, 0.5) is 5.69 Å². The molecule has 0 radical (unpaired) electrons. The second-order valence-corrected chi connectivity index (χ2v) is 15.3. The van der Waals surface area contributed by atoms with Gasteiger partial charge in [-0.3, -0.25) is 33.7 Å². The van der Waals surface area contributed by atoms with Crippen molar-refractivity contribution in [3.63, 3.8) is 0 Å². The Labute approximate surface area is 325 Å². The lowest BCUT2D eigenvalue weighted by Crippen LogP contribution is -2.50. The summed E-state index contributed by atoms with van der Waals surface area (Å²) in [5.41, 5.74) is 0.623. The molecule has 3 atom stereocenters. The summed E-state index contributed by atoms with van der Waals surface area (Å²) in [7, 11) is 0. The highest BCUT2D eigenvalue weighted by molar-refractivity contribution is 8.00. The number of nitrogens with zero attached hydrogens (tertiary/aromatic N) is 1. The smallest absolute Gasteiger partial charge is 0.329 e. The number of thioether (sulfide) groups is 1. The van der Waals surface area contributed by atoms with Crippen molar-refractivity contribution < 1.29 is 52.9 Å². The largest absolute Gasteiger partial charge is 0.480 e. The normalized spacial score (nSPS) is 21.6. The Morgan fingerprint density at radius 2 is 1.58 bits per heavy atom. The quantitative estimate of drug-likeness (QED) is 0.0709. The molecule has 2 heterocycles. The lowest BCUT2D eigenvalue weighted by atomic mass is 9.81. The molecule has 16 nitrogen and oxygen atoms in total. The molecule has 2 aliphatic heterocycles. The number of likely N-dealkylation sites (tertiary alicyclic amines) is 1. The molecule has 17 heteroatoms. The van der Waals surface area contributed by atoms with Gasteiger partial charge in [0.2, 0.25) is 35.4 Å². The monoisotopic (exact) mass is 789 g/mol. The molecular formula is C38H55N5O11S. The summed E-state index contributed by atoms with van der Waals surface area (Å²) < 4.78 is 15.6. The topological polar surface area (TPSA) is 219 Å². The van der Waals surface area contributed by atoms with Gasteiger partial charge in [0.05, 0.1) is 38.3 Å². The van der Waals surface area contributed by atoms with Gasteiger partial charge in [-0.15, -0.1) is 11.8 Å². The zero-order valence-corrected chi connectivity index (χ0v) is 32.1. The molecular weight excluding hydrogens is 735 g/mol. The Hall–Kier alpha value is -4.06. The van der Waals surface area contributed by atoms with E-state index in [0.29, 0.717) is 76.5 Å². The molecule has 55 heavy (non-hydrogen) atoms. The molecule has 0 bridgehead atoms. The molecule has 5 N–H and O–H groups in total. The number of benzene rings is 1. The average molecular weight is 790 g/mol. The maximum absolute atomic E-state index is 13.2. The lowest BCUT2D eigenvalue weighted by Gasteiger charge is -2.30. The molecule has 2 saturated heterocycles. The fourth-order valence-corrected chi connectivity index (χ4v) is 7.97. The van der Waals surface area contributed by atoms with Crippen LogP contribution < -0.4 is 21.3 Å². The van der Waals surface area contributed by atoms with Crippen molar-refractivity contribution in [3.8, 4) is 0 Å². The van der Waals surface area contributed by atoms with Crippen LogP contribution in [0.25, 0.3) is 0 Å². The Morgan fingerprint density at radius 1 is 0.873 bits per heavy atom. The minimum atomic E-state index is -1.03. The van der Waals surface area contributed by atoms with Gasteiger partial charge < -0.3 is 40.6 Å². The highest BCUT2D eigenvalue weighted by Gasteiger charge is 2.40. The van der Waals surface area contributed by atoms with Crippen molar-refractivity contribution in [2.24, 2.45) is 11.8 Å². The first-order valence-corrected chi connectivity index (χ1v) is 20.3. The summed E-state index contributed by atoms with van der Waals surface area (Å²) in [4.78, 5) is 87.9. The molecule has 1 aromatic carbocycles. The van der Waals surface area contributed by atoms with Crippen LogP contribution in [0.5, 0.6) is 0 Å². The number of carboxylic acids is 1. The summed E-state index contributed by atoms with van der Waals surface area (Å²) in [5.74, 6) is -1.50. The van der Waals surface area contributed by atoms with E-state index in [1.807, 2.05) is 18.2 Å². The average Bonchev–Trinajstić information content (AvgIpc) is 3.73. The third-order valence-corrected chi connectivity index (χ3v) is 11.1. The fourth-order valence-electron chi connectivity index (χ4n) is 6.79. The second kappa shape index (κ2) is 23.8. The van der Waals surface area contributed by atoms with Gasteiger partial charge in [0.1, 0.15) is 18.7 Å².